The van der Waals surface area contributed by atoms with Crippen molar-refractivity contribution in [3.05, 3.63) is 65.7 Å². The van der Waals surface area contributed by atoms with Crippen LogP contribution in [0, 0.1) is 0 Å². The lowest BCUT2D eigenvalue weighted by molar-refractivity contribution is -0.142. The molecule has 392 valence electrons. The molecule has 2 heterocycles. The van der Waals surface area contributed by atoms with Gasteiger partial charge in [0.2, 0.25) is 65.0 Å². The molecule has 2 aliphatic heterocycles. The number of nitrogens with zero attached hydrogens (tertiary/aromatic N) is 1. The molecule has 0 bridgehead atoms. The Morgan fingerprint density at radius 3 is 1.89 bits per heavy atom. The van der Waals surface area contributed by atoms with Crippen molar-refractivity contribution in [1.82, 2.24) is 42.1 Å². The highest BCUT2D eigenvalue weighted by molar-refractivity contribution is 8.76. The number of hydrogen-bond donors (Lipinski definition) is 13. The number of nitrogens with one attached hydrogen (secondary N) is 7. The van der Waals surface area contributed by atoms with Gasteiger partial charge in [-0.15, -0.1) is 0 Å². The van der Waals surface area contributed by atoms with Crippen LogP contribution in [0.2, 0.25) is 0 Å². The van der Waals surface area contributed by atoms with Crippen molar-refractivity contribution in [3.63, 3.8) is 0 Å². The maximum Gasteiger partial charge on any atom is 0.246 e. The lowest BCUT2D eigenvalue weighted by atomic mass is 10.0. The van der Waals surface area contributed by atoms with Crippen LogP contribution in [-0.2, 0) is 65.6 Å². The predicted molar refractivity (Wildman–Crippen MR) is 264 cm³/mol. The first-order valence-corrected chi connectivity index (χ1v) is 25.5. The van der Waals surface area contributed by atoms with Crippen LogP contribution in [0.5, 0.6) is 5.75 Å². The van der Waals surface area contributed by atoms with E-state index in [0.717, 1.165) is 21.6 Å². The minimum Gasteiger partial charge on any atom is -0.508 e. The number of phenols is 1. The lowest BCUT2D eigenvalue weighted by Crippen LogP contribution is -2.61. The zero-order valence-electron chi connectivity index (χ0n) is 39.3. The Labute approximate surface area is 422 Å². The second-order valence-electron chi connectivity index (χ2n) is 17.1. The molecule has 2 aromatic carbocycles. The molecule has 25 nitrogen and oxygen atoms in total. The Morgan fingerprint density at radius 2 is 1.28 bits per heavy atom. The van der Waals surface area contributed by atoms with Gasteiger partial charge in [0.1, 0.15) is 48.0 Å². The number of primary amides is 3. The molecule has 8 atom stereocenters. The SMILES string of the molecule is NCCC[C@H](NC(=O)[C@@H]1CCCN1C(=O)[C@@H]1CSSC[C@H](N)C(=O)NC(Cc2ccc(O)cc2)C(=O)N[C@@H](Cc2ccccc2)C(=O)N[C@@H](CCC(N)=O)C(=O)NC(CC(N)=O)C(=O)N1)C(=O)NCC(N)=O. The minimum absolute atomic E-state index is 0.0281. The molecule has 72 heavy (non-hydrogen) atoms. The number of rotatable bonds is 18. The highest BCUT2D eigenvalue weighted by atomic mass is 33.1. The largest absolute Gasteiger partial charge is 0.508 e. The van der Waals surface area contributed by atoms with Gasteiger partial charge < -0.3 is 75.9 Å². The Kier molecular flexibility index (Phi) is 23.0. The van der Waals surface area contributed by atoms with Crippen molar-refractivity contribution in [2.75, 3.05) is 31.1 Å². The van der Waals surface area contributed by atoms with Crippen LogP contribution in [0.25, 0.3) is 0 Å². The fourth-order valence-electron chi connectivity index (χ4n) is 7.62. The zero-order valence-corrected chi connectivity index (χ0v) is 40.9. The second-order valence-corrected chi connectivity index (χ2v) is 19.6. The van der Waals surface area contributed by atoms with Crippen LogP contribution < -0.4 is 65.9 Å². The summed E-state index contributed by atoms with van der Waals surface area (Å²) >= 11 is 0. The quantitative estimate of drug-likeness (QED) is 0.0624. The summed E-state index contributed by atoms with van der Waals surface area (Å²) in [7, 11) is 2.02. The van der Waals surface area contributed by atoms with Crippen molar-refractivity contribution in [3.8, 4) is 5.75 Å². The molecule has 0 spiro atoms. The number of aromatic hydroxyl groups is 1. The molecular formula is C45H63N13O12S2. The average Bonchev–Trinajstić information content (AvgIpc) is 3.84. The first kappa shape index (κ1) is 57.6. The van der Waals surface area contributed by atoms with Gasteiger partial charge in [0.15, 0.2) is 0 Å². The molecule has 18 N–H and O–H groups in total. The van der Waals surface area contributed by atoms with E-state index in [1.165, 1.54) is 29.2 Å². The number of likely N-dealkylation sites (tertiary alicyclic amines) is 1. The van der Waals surface area contributed by atoms with Gasteiger partial charge in [-0.25, -0.2) is 0 Å². The summed E-state index contributed by atoms with van der Waals surface area (Å²) in [5.74, 6) is -10.1. The summed E-state index contributed by atoms with van der Waals surface area (Å²) in [5, 5.41) is 27.6. The monoisotopic (exact) mass is 1040 g/mol. The molecule has 27 heteroatoms. The van der Waals surface area contributed by atoms with Crippen molar-refractivity contribution >= 4 is 86.6 Å². The third-order valence-corrected chi connectivity index (χ3v) is 13.8. The van der Waals surface area contributed by atoms with E-state index in [-0.39, 0.29) is 56.0 Å². The molecule has 0 radical (unpaired) electrons. The Bertz CT molecular complexity index is 2280. The molecular weight excluding hydrogens is 979 g/mol. The van der Waals surface area contributed by atoms with Gasteiger partial charge in [-0.3, -0.25) is 52.7 Å². The molecule has 11 amide bonds. The van der Waals surface area contributed by atoms with Gasteiger partial charge in [0, 0.05) is 37.3 Å². The van der Waals surface area contributed by atoms with Crippen molar-refractivity contribution < 1.29 is 57.8 Å². The first-order chi connectivity index (χ1) is 34.3. The van der Waals surface area contributed by atoms with E-state index in [1.54, 1.807) is 30.3 Å². The van der Waals surface area contributed by atoms with E-state index in [9.17, 15) is 57.8 Å². The number of carbonyl (C=O) groups excluding carboxylic acids is 11. The summed E-state index contributed by atoms with van der Waals surface area (Å²) < 4.78 is 0. The number of carbonyl (C=O) groups is 11. The topological polar surface area (TPSA) is 426 Å². The van der Waals surface area contributed by atoms with Crippen LogP contribution in [-0.4, -0.2) is 154 Å². The van der Waals surface area contributed by atoms with Crippen LogP contribution in [0.4, 0.5) is 0 Å². The van der Waals surface area contributed by atoms with Crippen molar-refractivity contribution in [1.29, 1.82) is 0 Å². The molecule has 4 rings (SSSR count). The third kappa shape index (κ3) is 18.7. The zero-order chi connectivity index (χ0) is 52.9. The summed E-state index contributed by atoms with van der Waals surface area (Å²) in [6.07, 6.45) is -1.10. The number of nitrogens with two attached hydrogens (primary N) is 5. The summed E-state index contributed by atoms with van der Waals surface area (Å²) in [4.78, 5) is 149. The van der Waals surface area contributed by atoms with E-state index >= 15 is 0 Å². The maximum absolute atomic E-state index is 14.5. The fraction of sp³-hybridized carbons (Fsp3) is 0.489. The number of benzene rings is 2. The van der Waals surface area contributed by atoms with E-state index in [0.29, 0.717) is 24.0 Å². The van der Waals surface area contributed by atoms with Gasteiger partial charge in [-0.2, -0.15) is 0 Å². The Balaban J connectivity index is 1.71. The van der Waals surface area contributed by atoms with Crippen LogP contribution >= 0.6 is 21.6 Å². The van der Waals surface area contributed by atoms with E-state index < -0.39 is 139 Å². The third-order valence-electron chi connectivity index (χ3n) is 11.4. The smallest absolute Gasteiger partial charge is 0.246 e. The predicted octanol–water partition coefficient (Wildman–Crippen LogP) is -4.72. The van der Waals surface area contributed by atoms with Gasteiger partial charge in [0.05, 0.1) is 19.0 Å². The Hall–Kier alpha value is -6.97. The second kappa shape index (κ2) is 28.8. The standard InChI is InChI=1S/C45H63N13O12S2/c46-16-4-8-28(39(64)51-21-37(50)62)53-44(69)34-9-5-17-58(34)45(70)33-23-72-71-22-27(47)38(63)54-30(19-25-10-12-26(59)13-11-25)42(67)55-31(18-24-6-2-1-3-7-24)41(66)52-29(14-15-35(48)60)40(65)56-32(20-36(49)61)43(68)57-33/h1-3,6-7,10-13,27-34,59H,4-5,8-9,14-23,46-47H2,(H2,48,60)(H2,49,61)(H2,50,62)(H,51,64)(H,52,66)(H,53,69)(H,54,63)(H,55,67)(H,56,65)(H,57,68)/t27-,28-,29-,30?,31-,32?,33-,34-/m0/s1. The van der Waals surface area contributed by atoms with Crippen LogP contribution in [0.3, 0.4) is 0 Å². The lowest BCUT2D eigenvalue weighted by Gasteiger charge is -2.31. The molecule has 0 aliphatic carbocycles. The number of hydrogen-bond acceptors (Lipinski definition) is 16. The molecule has 0 saturated carbocycles. The van der Waals surface area contributed by atoms with Gasteiger partial charge >= 0.3 is 0 Å². The molecule has 2 saturated heterocycles. The molecule has 2 aromatic rings. The van der Waals surface area contributed by atoms with Crippen molar-refractivity contribution in [2.45, 2.75) is 106 Å². The minimum atomic E-state index is -1.78. The fourth-order valence-corrected chi connectivity index (χ4v) is 9.90. The van der Waals surface area contributed by atoms with E-state index in [4.69, 9.17) is 28.7 Å². The van der Waals surface area contributed by atoms with E-state index in [1.807, 2.05) is 0 Å². The summed E-state index contributed by atoms with van der Waals surface area (Å²) in [6.45, 7) is -0.299. The molecule has 2 fully saturated rings. The first-order valence-electron chi connectivity index (χ1n) is 23.0. The maximum atomic E-state index is 14.5. The normalized spacial score (nSPS) is 23.2. The highest BCUT2D eigenvalue weighted by Gasteiger charge is 2.40. The highest BCUT2D eigenvalue weighted by Crippen LogP contribution is 2.26. The van der Waals surface area contributed by atoms with Gasteiger partial charge in [0.25, 0.3) is 0 Å². The number of phenolic OH excluding ortho intramolecular Hbond substituents is 1. The summed E-state index contributed by atoms with van der Waals surface area (Å²) in [6, 6.07) is 3.04. The summed E-state index contributed by atoms with van der Waals surface area (Å²) in [5.41, 5.74) is 29.2. The van der Waals surface area contributed by atoms with Gasteiger partial charge in [-0.1, -0.05) is 64.1 Å². The molecule has 0 aromatic heterocycles. The average molecular weight is 1040 g/mol. The van der Waals surface area contributed by atoms with Crippen molar-refractivity contribution in [2.24, 2.45) is 28.7 Å². The van der Waals surface area contributed by atoms with Crippen LogP contribution in [0.15, 0.2) is 54.6 Å². The van der Waals surface area contributed by atoms with Crippen LogP contribution in [0.1, 0.15) is 56.1 Å². The van der Waals surface area contributed by atoms with E-state index in [2.05, 4.69) is 37.2 Å². The Morgan fingerprint density at radius 1 is 0.708 bits per heavy atom. The number of amides is 11. The molecule has 2 aliphatic rings. The van der Waals surface area contributed by atoms with Gasteiger partial charge in [-0.05, 0) is 61.9 Å². The molecule has 2 unspecified atom stereocenters.